The fourth-order valence-corrected chi connectivity index (χ4v) is 1.72. The zero-order chi connectivity index (χ0) is 10.7. The molecule has 15 heavy (non-hydrogen) atoms. The van der Waals surface area contributed by atoms with Crippen LogP contribution in [-0.4, -0.2) is 11.5 Å². The number of nitrogens with two attached hydrogens (primary N) is 1. The van der Waals surface area contributed by atoms with Crippen molar-refractivity contribution in [2.24, 2.45) is 11.7 Å². The number of aromatic nitrogens is 1. The first kappa shape index (κ1) is 10.1. The maximum absolute atomic E-state index is 5.62. The number of fused-ring (bicyclic) bond motifs is 1. The van der Waals surface area contributed by atoms with E-state index in [1.165, 1.54) is 10.9 Å². The summed E-state index contributed by atoms with van der Waals surface area (Å²) < 4.78 is 0. The molecule has 0 aliphatic heterocycles. The minimum absolute atomic E-state index is 0.533. The molecule has 2 rings (SSSR count). The Morgan fingerprint density at radius 1 is 1.33 bits per heavy atom. The van der Waals surface area contributed by atoms with Gasteiger partial charge in [0.25, 0.3) is 0 Å². The van der Waals surface area contributed by atoms with Gasteiger partial charge in [-0.05, 0) is 36.6 Å². The van der Waals surface area contributed by atoms with Gasteiger partial charge in [0.15, 0.2) is 0 Å². The van der Waals surface area contributed by atoms with Crippen LogP contribution in [0.4, 0.5) is 0 Å². The van der Waals surface area contributed by atoms with Crippen molar-refractivity contribution in [3.05, 3.63) is 42.1 Å². The Kier molecular flexibility index (Phi) is 2.97. The van der Waals surface area contributed by atoms with Gasteiger partial charge in [-0.1, -0.05) is 25.1 Å². The fraction of sp³-hybridized carbons (Fsp3) is 0.308. The monoisotopic (exact) mass is 200 g/mol. The number of hydrogen-bond acceptors (Lipinski definition) is 2. The molecule has 0 unspecified atom stereocenters. The van der Waals surface area contributed by atoms with Crippen molar-refractivity contribution in [3.63, 3.8) is 0 Å². The maximum Gasteiger partial charge on any atom is 0.0704 e. The van der Waals surface area contributed by atoms with E-state index in [0.717, 1.165) is 18.5 Å². The molecule has 0 saturated carbocycles. The maximum atomic E-state index is 5.62. The molecule has 0 amide bonds. The average Bonchev–Trinajstić information content (AvgIpc) is 2.29. The minimum Gasteiger partial charge on any atom is -0.330 e. The Morgan fingerprint density at radius 2 is 2.20 bits per heavy atom. The van der Waals surface area contributed by atoms with Crippen LogP contribution >= 0.6 is 0 Å². The van der Waals surface area contributed by atoms with Crippen molar-refractivity contribution < 1.29 is 0 Å². The van der Waals surface area contributed by atoms with Crippen molar-refractivity contribution in [2.75, 3.05) is 6.54 Å². The van der Waals surface area contributed by atoms with Gasteiger partial charge in [-0.3, -0.25) is 4.98 Å². The second kappa shape index (κ2) is 4.41. The molecular formula is C13H16N2. The molecule has 78 valence electrons. The summed E-state index contributed by atoms with van der Waals surface area (Å²) in [5, 5.41) is 1.20. The highest BCUT2D eigenvalue weighted by atomic mass is 14.6. The summed E-state index contributed by atoms with van der Waals surface area (Å²) in [4.78, 5) is 4.34. The van der Waals surface area contributed by atoms with Crippen LogP contribution in [0, 0.1) is 5.92 Å². The number of pyridine rings is 1. The van der Waals surface area contributed by atoms with Gasteiger partial charge in [0.1, 0.15) is 0 Å². The van der Waals surface area contributed by atoms with E-state index in [1.807, 2.05) is 12.3 Å². The van der Waals surface area contributed by atoms with Crippen LogP contribution in [0.5, 0.6) is 0 Å². The Morgan fingerprint density at radius 3 is 3.00 bits per heavy atom. The van der Waals surface area contributed by atoms with Gasteiger partial charge < -0.3 is 5.73 Å². The van der Waals surface area contributed by atoms with Gasteiger partial charge in [0.05, 0.1) is 5.52 Å². The smallest absolute Gasteiger partial charge is 0.0704 e. The molecule has 2 N–H and O–H groups in total. The summed E-state index contributed by atoms with van der Waals surface area (Å²) in [5.41, 5.74) is 8.00. The van der Waals surface area contributed by atoms with E-state index in [9.17, 15) is 0 Å². The number of benzene rings is 1. The van der Waals surface area contributed by atoms with Crippen molar-refractivity contribution in [1.82, 2.24) is 4.98 Å². The molecule has 1 heterocycles. The summed E-state index contributed by atoms with van der Waals surface area (Å²) >= 11 is 0. The van der Waals surface area contributed by atoms with E-state index in [2.05, 4.69) is 36.2 Å². The molecule has 2 nitrogen and oxygen atoms in total. The lowest BCUT2D eigenvalue weighted by atomic mass is 10.0. The fourth-order valence-electron chi connectivity index (χ4n) is 1.72. The van der Waals surface area contributed by atoms with Crippen molar-refractivity contribution >= 4 is 10.9 Å². The van der Waals surface area contributed by atoms with E-state index < -0.39 is 0 Å². The molecule has 0 spiro atoms. The molecule has 0 saturated heterocycles. The Bertz CT molecular complexity index is 451. The van der Waals surface area contributed by atoms with Crippen LogP contribution < -0.4 is 5.73 Å². The van der Waals surface area contributed by atoms with Crippen molar-refractivity contribution in [3.8, 4) is 0 Å². The van der Waals surface area contributed by atoms with Gasteiger partial charge in [0, 0.05) is 11.6 Å². The third-order valence-corrected chi connectivity index (χ3v) is 2.66. The normalized spacial score (nSPS) is 12.9. The predicted molar refractivity (Wildman–Crippen MR) is 63.7 cm³/mol. The highest BCUT2D eigenvalue weighted by Gasteiger charge is 2.02. The summed E-state index contributed by atoms with van der Waals surface area (Å²) in [6.07, 6.45) is 2.86. The lowest BCUT2D eigenvalue weighted by Gasteiger charge is -2.08. The first-order valence-corrected chi connectivity index (χ1v) is 5.33. The van der Waals surface area contributed by atoms with Crippen LogP contribution in [0.15, 0.2) is 36.5 Å². The SMILES string of the molecule is C[C@@H](CN)Cc1ccc2cccnc2c1. The van der Waals surface area contributed by atoms with Gasteiger partial charge in [0.2, 0.25) is 0 Å². The third kappa shape index (κ3) is 2.34. The number of hydrogen-bond donors (Lipinski definition) is 1. The molecule has 2 heteroatoms. The topological polar surface area (TPSA) is 38.9 Å². The van der Waals surface area contributed by atoms with E-state index in [0.29, 0.717) is 5.92 Å². The summed E-state index contributed by atoms with van der Waals surface area (Å²) in [6.45, 7) is 2.91. The van der Waals surface area contributed by atoms with E-state index in [4.69, 9.17) is 5.73 Å². The molecule has 0 aliphatic carbocycles. The van der Waals surface area contributed by atoms with Crippen molar-refractivity contribution in [1.29, 1.82) is 0 Å². The Labute approximate surface area is 90.1 Å². The molecule has 1 aromatic heterocycles. The molecular weight excluding hydrogens is 184 g/mol. The zero-order valence-corrected chi connectivity index (χ0v) is 8.98. The van der Waals surface area contributed by atoms with Crippen molar-refractivity contribution in [2.45, 2.75) is 13.3 Å². The zero-order valence-electron chi connectivity index (χ0n) is 8.98. The van der Waals surface area contributed by atoms with Gasteiger partial charge in [-0.2, -0.15) is 0 Å². The van der Waals surface area contributed by atoms with Gasteiger partial charge in [-0.15, -0.1) is 0 Å². The molecule has 2 aromatic rings. The van der Waals surface area contributed by atoms with Crippen LogP contribution in [0.1, 0.15) is 12.5 Å². The lowest BCUT2D eigenvalue weighted by Crippen LogP contribution is -2.12. The first-order chi connectivity index (χ1) is 7.29. The molecule has 1 atom stereocenters. The van der Waals surface area contributed by atoms with Crippen LogP contribution in [0.2, 0.25) is 0 Å². The second-order valence-corrected chi connectivity index (χ2v) is 4.08. The highest BCUT2D eigenvalue weighted by molar-refractivity contribution is 5.78. The highest BCUT2D eigenvalue weighted by Crippen LogP contribution is 2.15. The van der Waals surface area contributed by atoms with Gasteiger partial charge >= 0.3 is 0 Å². The van der Waals surface area contributed by atoms with E-state index in [1.54, 1.807) is 0 Å². The molecule has 0 fully saturated rings. The van der Waals surface area contributed by atoms with E-state index in [-0.39, 0.29) is 0 Å². The minimum atomic E-state index is 0.533. The standard InChI is InChI=1S/C13H16N2/c1-10(9-14)7-11-4-5-12-3-2-6-15-13(12)8-11/h2-6,8,10H,7,9,14H2,1H3/t10-/m1/s1. The largest absolute Gasteiger partial charge is 0.330 e. The number of rotatable bonds is 3. The Balaban J connectivity index is 2.30. The predicted octanol–water partition coefficient (Wildman–Crippen LogP) is 2.37. The quantitative estimate of drug-likeness (QED) is 0.826. The van der Waals surface area contributed by atoms with Gasteiger partial charge in [-0.25, -0.2) is 0 Å². The molecule has 0 bridgehead atoms. The molecule has 0 aliphatic rings. The third-order valence-electron chi connectivity index (χ3n) is 2.66. The van der Waals surface area contributed by atoms with Crippen LogP contribution in [0.3, 0.4) is 0 Å². The number of nitrogens with zero attached hydrogens (tertiary/aromatic N) is 1. The Hall–Kier alpha value is -1.41. The second-order valence-electron chi connectivity index (χ2n) is 4.08. The first-order valence-electron chi connectivity index (χ1n) is 5.33. The lowest BCUT2D eigenvalue weighted by molar-refractivity contribution is 0.593. The summed E-state index contributed by atoms with van der Waals surface area (Å²) in [7, 11) is 0. The summed E-state index contributed by atoms with van der Waals surface area (Å²) in [6, 6.07) is 10.5. The molecule has 0 radical (unpaired) electrons. The van der Waals surface area contributed by atoms with Crippen LogP contribution in [-0.2, 0) is 6.42 Å². The summed E-state index contributed by atoms with van der Waals surface area (Å²) in [5.74, 6) is 0.533. The van der Waals surface area contributed by atoms with E-state index >= 15 is 0 Å². The average molecular weight is 200 g/mol. The van der Waals surface area contributed by atoms with Crippen LogP contribution in [0.25, 0.3) is 10.9 Å². The molecule has 1 aromatic carbocycles.